The summed E-state index contributed by atoms with van der Waals surface area (Å²) >= 11 is 0. The normalized spacial score (nSPS) is 21.3. The van der Waals surface area contributed by atoms with Crippen LogP contribution in [0.25, 0.3) is 0 Å². The highest BCUT2D eigenvalue weighted by Crippen LogP contribution is 2.25. The molecule has 2 aromatic heterocycles. The lowest BCUT2D eigenvalue weighted by Crippen LogP contribution is -2.34. The van der Waals surface area contributed by atoms with Gasteiger partial charge in [-0.1, -0.05) is 0 Å². The number of furan rings is 1. The van der Waals surface area contributed by atoms with Crippen LogP contribution in [0.5, 0.6) is 0 Å². The van der Waals surface area contributed by atoms with E-state index in [2.05, 4.69) is 20.1 Å². The summed E-state index contributed by atoms with van der Waals surface area (Å²) in [5.74, 6) is 3.32. The lowest BCUT2D eigenvalue weighted by atomic mass is 9.97. The number of nitrogens with zero attached hydrogens (tertiary/aromatic N) is 3. The Balaban J connectivity index is 1.65. The fourth-order valence-corrected chi connectivity index (χ4v) is 2.58. The molecule has 0 spiro atoms. The molecule has 0 saturated carbocycles. The van der Waals surface area contributed by atoms with Crippen LogP contribution in [0.1, 0.15) is 36.2 Å². The largest absolute Gasteiger partial charge is 0.468 e. The zero-order valence-corrected chi connectivity index (χ0v) is 10.6. The number of aromatic nitrogens is 3. The molecule has 1 aliphatic rings. The SMILES string of the molecule is Cc1nc(C2CCCN(Cc3ccco3)C2)n[nH]1. The molecule has 0 aliphatic carbocycles. The quantitative estimate of drug-likeness (QED) is 0.901. The standard InChI is InChI=1S/C13H18N4O/c1-10-14-13(16-15-10)11-4-2-6-17(8-11)9-12-5-3-7-18-12/h3,5,7,11H,2,4,6,8-9H2,1H3,(H,14,15,16). The molecule has 1 saturated heterocycles. The van der Waals surface area contributed by atoms with Gasteiger partial charge in [0.05, 0.1) is 12.8 Å². The molecule has 3 rings (SSSR count). The van der Waals surface area contributed by atoms with Gasteiger partial charge in [0.25, 0.3) is 0 Å². The van der Waals surface area contributed by atoms with E-state index >= 15 is 0 Å². The molecule has 18 heavy (non-hydrogen) atoms. The van der Waals surface area contributed by atoms with Crippen molar-refractivity contribution < 1.29 is 4.42 Å². The predicted molar refractivity (Wildman–Crippen MR) is 67.1 cm³/mol. The van der Waals surface area contributed by atoms with Crippen LogP contribution in [-0.2, 0) is 6.54 Å². The molecule has 1 N–H and O–H groups in total. The second-order valence-corrected chi connectivity index (χ2v) is 4.93. The highest BCUT2D eigenvalue weighted by molar-refractivity contribution is 5.02. The monoisotopic (exact) mass is 246 g/mol. The number of likely N-dealkylation sites (tertiary alicyclic amines) is 1. The van der Waals surface area contributed by atoms with Gasteiger partial charge < -0.3 is 4.42 Å². The third-order valence-electron chi connectivity index (χ3n) is 3.44. The molecule has 1 atom stereocenters. The van der Waals surface area contributed by atoms with Crippen LogP contribution in [0.4, 0.5) is 0 Å². The molecule has 1 unspecified atom stereocenters. The van der Waals surface area contributed by atoms with E-state index in [1.807, 2.05) is 19.1 Å². The summed E-state index contributed by atoms with van der Waals surface area (Å²) in [5, 5.41) is 7.21. The molecule has 0 bridgehead atoms. The lowest BCUT2D eigenvalue weighted by molar-refractivity contribution is 0.183. The summed E-state index contributed by atoms with van der Waals surface area (Å²) in [7, 11) is 0. The van der Waals surface area contributed by atoms with Crippen LogP contribution in [0.2, 0.25) is 0 Å². The van der Waals surface area contributed by atoms with Gasteiger partial charge in [0, 0.05) is 12.5 Å². The summed E-state index contributed by atoms with van der Waals surface area (Å²) in [4.78, 5) is 6.86. The van der Waals surface area contributed by atoms with Crippen molar-refractivity contribution in [1.29, 1.82) is 0 Å². The van der Waals surface area contributed by atoms with Gasteiger partial charge in [-0.3, -0.25) is 10.00 Å². The van der Waals surface area contributed by atoms with E-state index in [0.717, 1.165) is 37.0 Å². The van der Waals surface area contributed by atoms with Crippen molar-refractivity contribution in [1.82, 2.24) is 20.1 Å². The number of hydrogen-bond acceptors (Lipinski definition) is 4. The van der Waals surface area contributed by atoms with Gasteiger partial charge in [-0.2, -0.15) is 5.10 Å². The fraction of sp³-hybridized carbons (Fsp3) is 0.538. The minimum absolute atomic E-state index is 0.443. The molecule has 5 heteroatoms. The van der Waals surface area contributed by atoms with E-state index in [9.17, 15) is 0 Å². The molecule has 2 aromatic rings. The van der Waals surface area contributed by atoms with Crippen LogP contribution < -0.4 is 0 Å². The van der Waals surface area contributed by atoms with E-state index in [1.165, 1.54) is 12.8 Å². The number of aryl methyl sites for hydroxylation is 1. The van der Waals surface area contributed by atoms with E-state index < -0.39 is 0 Å². The first-order valence-electron chi connectivity index (χ1n) is 6.45. The molecule has 0 amide bonds. The maximum Gasteiger partial charge on any atom is 0.155 e. The van der Waals surface area contributed by atoms with E-state index in [4.69, 9.17) is 4.42 Å². The van der Waals surface area contributed by atoms with E-state index in [0.29, 0.717) is 5.92 Å². The Morgan fingerprint density at radius 1 is 1.56 bits per heavy atom. The molecule has 3 heterocycles. The van der Waals surface area contributed by atoms with Crippen molar-refractivity contribution in [2.75, 3.05) is 13.1 Å². The van der Waals surface area contributed by atoms with Gasteiger partial charge in [0.15, 0.2) is 5.82 Å². The molecular formula is C13H18N4O. The Morgan fingerprint density at radius 2 is 2.50 bits per heavy atom. The van der Waals surface area contributed by atoms with Crippen molar-refractivity contribution in [3.63, 3.8) is 0 Å². The summed E-state index contributed by atoms with van der Waals surface area (Å²) in [6.07, 6.45) is 4.10. The van der Waals surface area contributed by atoms with Gasteiger partial charge in [0.1, 0.15) is 11.6 Å². The molecule has 1 fully saturated rings. The van der Waals surface area contributed by atoms with Gasteiger partial charge in [-0.25, -0.2) is 4.98 Å². The first-order valence-corrected chi connectivity index (χ1v) is 6.45. The van der Waals surface area contributed by atoms with Crippen molar-refractivity contribution in [3.8, 4) is 0 Å². The number of H-pyrrole nitrogens is 1. The van der Waals surface area contributed by atoms with Gasteiger partial charge in [0.2, 0.25) is 0 Å². The second-order valence-electron chi connectivity index (χ2n) is 4.93. The van der Waals surface area contributed by atoms with Crippen LogP contribution in [0.3, 0.4) is 0 Å². The summed E-state index contributed by atoms with van der Waals surface area (Å²) in [6, 6.07) is 3.97. The Morgan fingerprint density at radius 3 is 3.22 bits per heavy atom. The van der Waals surface area contributed by atoms with Crippen molar-refractivity contribution in [3.05, 3.63) is 35.8 Å². The van der Waals surface area contributed by atoms with E-state index in [-0.39, 0.29) is 0 Å². The third kappa shape index (κ3) is 2.46. The van der Waals surface area contributed by atoms with Crippen LogP contribution in [0, 0.1) is 6.92 Å². The van der Waals surface area contributed by atoms with E-state index in [1.54, 1.807) is 6.26 Å². The highest BCUT2D eigenvalue weighted by atomic mass is 16.3. The number of aromatic amines is 1. The third-order valence-corrected chi connectivity index (χ3v) is 3.44. The average molecular weight is 246 g/mol. The molecule has 0 aromatic carbocycles. The highest BCUT2D eigenvalue weighted by Gasteiger charge is 2.24. The molecule has 5 nitrogen and oxygen atoms in total. The summed E-state index contributed by atoms with van der Waals surface area (Å²) in [6.45, 7) is 4.96. The number of hydrogen-bond donors (Lipinski definition) is 1. The van der Waals surface area contributed by atoms with Crippen molar-refractivity contribution in [2.45, 2.75) is 32.2 Å². The Labute approximate surface area is 106 Å². The number of nitrogens with one attached hydrogen (secondary N) is 1. The predicted octanol–water partition coefficient (Wildman–Crippen LogP) is 2.09. The molecular weight excluding hydrogens is 228 g/mol. The zero-order valence-electron chi connectivity index (χ0n) is 10.6. The van der Waals surface area contributed by atoms with Gasteiger partial charge in [-0.05, 0) is 38.4 Å². The number of rotatable bonds is 3. The zero-order chi connectivity index (χ0) is 12.4. The second kappa shape index (κ2) is 4.94. The van der Waals surface area contributed by atoms with Gasteiger partial charge in [-0.15, -0.1) is 0 Å². The average Bonchev–Trinajstić information content (AvgIpc) is 3.01. The minimum Gasteiger partial charge on any atom is -0.468 e. The minimum atomic E-state index is 0.443. The smallest absolute Gasteiger partial charge is 0.155 e. The topological polar surface area (TPSA) is 58.0 Å². The first kappa shape index (κ1) is 11.5. The van der Waals surface area contributed by atoms with Crippen molar-refractivity contribution >= 4 is 0 Å². The van der Waals surface area contributed by atoms with Gasteiger partial charge >= 0.3 is 0 Å². The molecule has 1 aliphatic heterocycles. The van der Waals surface area contributed by atoms with Crippen LogP contribution >= 0.6 is 0 Å². The molecule has 0 radical (unpaired) electrons. The Bertz CT molecular complexity index is 491. The Hall–Kier alpha value is -1.62. The maximum absolute atomic E-state index is 5.40. The molecule has 96 valence electrons. The maximum atomic E-state index is 5.40. The van der Waals surface area contributed by atoms with Crippen LogP contribution in [0.15, 0.2) is 22.8 Å². The van der Waals surface area contributed by atoms with Crippen molar-refractivity contribution in [2.24, 2.45) is 0 Å². The summed E-state index contributed by atoms with van der Waals surface area (Å²) < 4.78 is 5.40. The van der Waals surface area contributed by atoms with Crippen LogP contribution in [-0.4, -0.2) is 33.2 Å². The lowest BCUT2D eigenvalue weighted by Gasteiger charge is -2.30. The fourth-order valence-electron chi connectivity index (χ4n) is 2.58. The number of piperidine rings is 1. The first-order chi connectivity index (χ1) is 8.81. The summed E-state index contributed by atoms with van der Waals surface area (Å²) in [5.41, 5.74) is 0. The Kier molecular flexibility index (Phi) is 3.15.